The van der Waals surface area contributed by atoms with Crippen LogP contribution in [0.1, 0.15) is 18.4 Å². The molecule has 2 nitrogen and oxygen atoms in total. The number of terminal acetylenes is 1. The van der Waals surface area contributed by atoms with Crippen molar-refractivity contribution in [1.29, 1.82) is 0 Å². The van der Waals surface area contributed by atoms with Crippen LogP contribution in [-0.2, 0) is 6.42 Å². The molecule has 0 unspecified atom stereocenters. The van der Waals surface area contributed by atoms with Gasteiger partial charge in [-0.25, -0.2) is 0 Å². The third kappa shape index (κ3) is 4.26. The van der Waals surface area contributed by atoms with Crippen LogP contribution in [0, 0.1) is 12.3 Å². The fourth-order valence-electron chi connectivity index (χ4n) is 1.34. The standard InChI is InChI=1S/C13H16BrNO/c1-2-3-4-9-16-13-6-5-11(7-8-15)10-12(13)14/h1,5-6,10H,3-4,7-9,15H2. The van der Waals surface area contributed by atoms with Crippen LogP contribution in [-0.4, -0.2) is 13.2 Å². The summed E-state index contributed by atoms with van der Waals surface area (Å²) in [4.78, 5) is 0. The minimum atomic E-state index is 0.652. The van der Waals surface area contributed by atoms with Crippen molar-refractivity contribution >= 4 is 15.9 Å². The van der Waals surface area contributed by atoms with Crippen LogP contribution >= 0.6 is 15.9 Å². The summed E-state index contributed by atoms with van der Waals surface area (Å²) < 4.78 is 6.57. The van der Waals surface area contributed by atoms with Gasteiger partial charge in [0, 0.05) is 6.42 Å². The lowest BCUT2D eigenvalue weighted by Gasteiger charge is -2.08. The molecule has 0 radical (unpaired) electrons. The van der Waals surface area contributed by atoms with Gasteiger partial charge in [-0.05, 0) is 53.0 Å². The van der Waals surface area contributed by atoms with Gasteiger partial charge in [0.25, 0.3) is 0 Å². The summed E-state index contributed by atoms with van der Waals surface area (Å²) in [5.74, 6) is 3.45. The largest absolute Gasteiger partial charge is 0.492 e. The molecule has 0 spiro atoms. The van der Waals surface area contributed by atoms with Gasteiger partial charge in [0.05, 0.1) is 11.1 Å². The molecule has 3 heteroatoms. The fourth-order valence-corrected chi connectivity index (χ4v) is 1.88. The van der Waals surface area contributed by atoms with Gasteiger partial charge in [-0.15, -0.1) is 12.3 Å². The average molecular weight is 282 g/mol. The zero-order valence-corrected chi connectivity index (χ0v) is 10.8. The van der Waals surface area contributed by atoms with Gasteiger partial charge in [-0.1, -0.05) is 6.07 Å². The molecule has 0 saturated heterocycles. The highest BCUT2D eigenvalue weighted by Gasteiger charge is 2.02. The number of unbranched alkanes of at least 4 members (excludes halogenated alkanes) is 1. The second-order valence-corrected chi connectivity index (χ2v) is 4.31. The first-order valence-electron chi connectivity index (χ1n) is 5.32. The lowest BCUT2D eigenvalue weighted by atomic mass is 10.1. The molecule has 0 bridgehead atoms. The molecule has 0 aliphatic heterocycles. The zero-order valence-electron chi connectivity index (χ0n) is 9.21. The van der Waals surface area contributed by atoms with Crippen LogP contribution in [0.15, 0.2) is 22.7 Å². The van der Waals surface area contributed by atoms with Crippen LogP contribution in [0.5, 0.6) is 5.75 Å². The van der Waals surface area contributed by atoms with E-state index in [1.807, 2.05) is 18.2 Å². The van der Waals surface area contributed by atoms with Gasteiger partial charge in [-0.2, -0.15) is 0 Å². The maximum absolute atomic E-state index is 5.60. The van der Waals surface area contributed by atoms with Crippen molar-refractivity contribution in [2.45, 2.75) is 19.3 Å². The van der Waals surface area contributed by atoms with Gasteiger partial charge in [0.1, 0.15) is 5.75 Å². The molecule has 0 aliphatic rings. The van der Waals surface area contributed by atoms with Crippen LogP contribution in [0.2, 0.25) is 0 Å². The number of rotatable bonds is 6. The van der Waals surface area contributed by atoms with Gasteiger partial charge in [0.2, 0.25) is 0 Å². The quantitative estimate of drug-likeness (QED) is 0.643. The molecule has 0 heterocycles. The van der Waals surface area contributed by atoms with E-state index in [0.29, 0.717) is 13.2 Å². The van der Waals surface area contributed by atoms with Crippen LogP contribution < -0.4 is 10.5 Å². The normalized spacial score (nSPS) is 9.81. The third-order valence-electron chi connectivity index (χ3n) is 2.15. The summed E-state index contributed by atoms with van der Waals surface area (Å²) in [5, 5.41) is 0. The molecule has 0 aliphatic carbocycles. The van der Waals surface area contributed by atoms with E-state index in [4.69, 9.17) is 16.9 Å². The van der Waals surface area contributed by atoms with E-state index in [1.165, 1.54) is 5.56 Å². The molecular formula is C13H16BrNO. The van der Waals surface area contributed by atoms with Crippen LogP contribution in [0.25, 0.3) is 0 Å². The van der Waals surface area contributed by atoms with Crippen molar-refractivity contribution < 1.29 is 4.74 Å². The van der Waals surface area contributed by atoms with E-state index in [9.17, 15) is 0 Å². The average Bonchev–Trinajstić information content (AvgIpc) is 2.27. The molecule has 16 heavy (non-hydrogen) atoms. The molecule has 0 saturated carbocycles. The first-order valence-corrected chi connectivity index (χ1v) is 6.12. The Balaban J connectivity index is 2.51. The molecule has 0 aromatic heterocycles. The van der Waals surface area contributed by atoms with Crippen molar-refractivity contribution in [3.05, 3.63) is 28.2 Å². The Morgan fingerprint density at radius 1 is 1.44 bits per heavy atom. The third-order valence-corrected chi connectivity index (χ3v) is 2.77. The SMILES string of the molecule is C#CCCCOc1ccc(CCN)cc1Br. The Bertz CT molecular complexity index is 371. The van der Waals surface area contributed by atoms with Crippen molar-refractivity contribution in [1.82, 2.24) is 0 Å². The molecule has 0 fully saturated rings. The van der Waals surface area contributed by atoms with E-state index >= 15 is 0 Å². The van der Waals surface area contributed by atoms with Crippen molar-refractivity contribution in [3.8, 4) is 18.1 Å². The van der Waals surface area contributed by atoms with E-state index in [1.54, 1.807) is 0 Å². The Hall–Kier alpha value is -0.980. The number of hydrogen-bond acceptors (Lipinski definition) is 2. The van der Waals surface area contributed by atoms with Gasteiger partial charge >= 0.3 is 0 Å². The monoisotopic (exact) mass is 281 g/mol. The highest BCUT2D eigenvalue weighted by molar-refractivity contribution is 9.10. The number of ether oxygens (including phenoxy) is 1. The van der Waals surface area contributed by atoms with Gasteiger partial charge in [0.15, 0.2) is 0 Å². The molecule has 86 valence electrons. The summed E-state index contributed by atoms with van der Waals surface area (Å²) in [6.45, 7) is 1.31. The fraction of sp³-hybridized carbons (Fsp3) is 0.385. The van der Waals surface area contributed by atoms with Gasteiger partial charge in [-0.3, -0.25) is 0 Å². The second-order valence-electron chi connectivity index (χ2n) is 3.46. The topological polar surface area (TPSA) is 35.2 Å². The molecule has 0 amide bonds. The Morgan fingerprint density at radius 2 is 2.25 bits per heavy atom. The van der Waals surface area contributed by atoms with E-state index < -0.39 is 0 Å². The summed E-state index contributed by atoms with van der Waals surface area (Å²) in [5.41, 5.74) is 6.71. The number of hydrogen-bond donors (Lipinski definition) is 1. The molecule has 1 rings (SSSR count). The number of halogens is 1. The Kier molecular flexibility index (Phi) is 5.99. The number of nitrogens with two attached hydrogens (primary N) is 1. The maximum atomic E-state index is 5.60. The minimum Gasteiger partial charge on any atom is -0.492 e. The summed E-state index contributed by atoms with van der Waals surface area (Å²) in [7, 11) is 0. The van der Waals surface area contributed by atoms with Crippen LogP contribution in [0.3, 0.4) is 0 Å². The highest BCUT2D eigenvalue weighted by Crippen LogP contribution is 2.26. The molecule has 1 aromatic carbocycles. The predicted octanol–water partition coefficient (Wildman–Crippen LogP) is 2.74. The first kappa shape index (κ1) is 13.1. The maximum Gasteiger partial charge on any atom is 0.133 e. The van der Waals surface area contributed by atoms with E-state index in [2.05, 4.69) is 21.9 Å². The minimum absolute atomic E-state index is 0.652. The van der Waals surface area contributed by atoms with Gasteiger partial charge < -0.3 is 10.5 Å². The van der Waals surface area contributed by atoms with E-state index in [0.717, 1.165) is 29.5 Å². The Morgan fingerprint density at radius 3 is 2.88 bits per heavy atom. The first-order chi connectivity index (χ1) is 7.77. The number of benzene rings is 1. The molecule has 2 N–H and O–H groups in total. The van der Waals surface area contributed by atoms with Crippen molar-refractivity contribution in [3.63, 3.8) is 0 Å². The zero-order chi connectivity index (χ0) is 11.8. The smallest absolute Gasteiger partial charge is 0.133 e. The molecular weight excluding hydrogens is 266 g/mol. The van der Waals surface area contributed by atoms with Crippen molar-refractivity contribution in [2.24, 2.45) is 5.73 Å². The van der Waals surface area contributed by atoms with Crippen LogP contribution in [0.4, 0.5) is 0 Å². The molecule has 1 aromatic rings. The summed E-state index contributed by atoms with van der Waals surface area (Å²) in [6.07, 6.45) is 7.68. The van der Waals surface area contributed by atoms with Crippen molar-refractivity contribution in [2.75, 3.05) is 13.2 Å². The summed E-state index contributed by atoms with van der Waals surface area (Å²) in [6, 6.07) is 6.04. The predicted molar refractivity (Wildman–Crippen MR) is 70.5 cm³/mol. The lowest BCUT2D eigenvalue weighted by molar-refractivity contribution is 0.311. The Labute approximate surface area is 105 Å². The highest BCUT2D eigenvalue weighted by atomic mass is 79.9. The summed E-state index contributed by atoms with van der Waals surface area (Å²) >= 11 is 3.48. The van der Waals surface area contributed by atoms with E-state index in [-0.39, 0.29) is 0 Å². The molecule has 0 atom stereocenters. The lowest BCUT2D eigenvalue weighted by Crippen LogP contribution is -2.03. The second kappa shape index (κ2) is 7.32.